The van der Waals surface area contributed by atoms with E-state index in [0.29, 0.717) is 31.2 Å². The Hall–Kier alpha value is -3.00. The van der Waals surface area contributed by atoms with E-state index in [2.05, 4.69) is 9.88 Å². The van der Waals surface area contributed by atoms with E-state index in [1.54, 1.807) is 10.7 Å². The summed E-state index contributed by atoms with van der Waals surface area (Å²) in [5.41, 5.74) is 3.33. The number of alkyl halides is 1. The monoisotopic (exact) mass is 465 g/mol. The Kier molecular flexibility index (Phi) is 6.25. The summed E-state index contributed by atoms with van der Waals surface area (Å²) in [5.74, 6) is -0.677. The number of para-hydroxylation sites is 1. The standard InChI is InChI=1S/C26H32FN5O2/c1-30(2)16-20(27)17-11-13-31(14-12-17)22-15-21(26(33)34)28-25-23(22)24(18-7-6-8-18)29-32(25)19-9-4-3-5-10-19/h3-5,9-10,15,17-18,20H,6-8,11-14,16H2,1-2H3,(H,33,34)/t20-/m0/s1. The number of benzene rings is 1. The summed E-state index contributed by atoms with van der Waals surface area (Å²) in [6.45, 7) is 1.82. The number of fused-ring (bicyclic) bond motifs is 1. The lowest BCUT2D eigenvalue weighted by Crippen LogP contribution is -2.39. The van der Waals surface area contributed by atoms with Crippen LogP contribution in [-0.2, 0) is 0 Å². The van der Waals surface area contributed by atoms with E-state index < -0.39 is 12.1 Å². The van der Waals surface area contributed by atoms with Crippen molar-refractivity contribution in [1.29, 1.82) is 0 Å². The highest BCUT2D eigenvalue weighted by Crippen LogP contribution is 2.43. The van der Waals surface area contributed by atoms with E-state index in [-0.39, 0.29) is 11.6 Å². The predicted molar refractivity (Wildman–Crippen MR) is 131 cm³/mol. The molecule has 0 radical (unpaired) electrons. The van der Waals surface area contributed by atoms with Crippen LogP contribution in [0, 0.1) is 5.92 Å². The van der Waals surface area contributed by atoms with Gasteiger partial charge >= 0.3 is 5.97 Å². The normalized spacial score (nSPS) is 18.4. The zero-order chi connectivity index (χ0) is 23.8. The number of pyridine rings is 1. The molecule has 1 N–H and O–H groups in total. The van der Waals surface area contributed by atoms with Crippen molar-refractivity contribution in [2.45, 2.75) is 44.2 Å². The third-order valence-electron chi connectivity index (χ3n) is 7.29. The molecule has 0 bridgehead atoms. The van der Waals surface area contributed by atoms with E-state index in [1.807, 2.05) is 49.3 Å². The molecule has 3 heterocycles. The number of nitrogens with zero attached hydrogens (tertiary/aromatic N) is 5. The Morgan fingerprint density at radius 2 is 1.88 bits per heavy atom. The Bertz CT molecular complexity index is 1170. The van der Waals surface area contributed by atoms with E-state index in [4.69, 9.17) is 5.10 Å². The second-order valence-corrected chi connectivity index (χ2v) is 9.89. The highest BCUT2D eigenvalue weighted by Gasteiger charge is 2.32. The number of carboxylic acids is 1. The van der Waals surface area contributed by atoms with E-state index >= 15 is 0 Å². The average molecular weight is 466 g/mol. The summed E-state index contributed by atoms with van der Waals surface area (Å²) in [6, 6.07) is 11.4. The van der Waals surface area contributed by atoms with Gasteiger partial charge in [-0.25, -0.2) is 18.9 Å². The molecule has 180 valence electrons. The minimum Gasteiger partial charge on any atom is -0.477 e. The van der Waals surface area contributed by atoms with Gasteiger partial charge in [-0.1, -0.05) is 24.6 Å². The molecule has 1 saturated carbocycles. The maximum absolute atomic E-state index is 14.7. The summed E-state index contributed by atoms with van der Waals surface area (Å²) >= 11 is 0. The molecule has 0 amide bonds. The van der Waals surface area contributed by atoms with Crippen molar-refractivity contribution in [3.63, 3.8) is 0 Å². The smallest absolute Gasteiger partial charge is 0.354 e. The van der Waals surface area contributed by atoms with Gasteiger partial charge in [-0.05, 0) is 63.9 Å². The van der Waals surface area contributed by atoms with Crippen LogP contribution < -0.4 is 4.90 Å². The molecular weight excluding hydrogens is 433 g/mol. The van der Waals surface area contributed by atoms with Crippen molar-refractivity contribution in [3.8, 4) is 5.69 Å². The van der Waals surface area contributed by atoms with Gasteiger partial charge in [-0.3, -0.25) is 0 Å². The van der Waals surface area contributed by atoms with Crippen molar-refractivity contribution in [3.05, 3.63) is 47.8 Å². The van der Waals surface area contributed by atoms with Gasteiger partial charge < -0.3 is 14.9 Å². The number of hydrogen-bond acceptors (Lipinski definition) is 5. The minimum atomic E-state index is -1.06. The largest absolute Gasteiger partial charge is 0.477 e. The Morgan fingerprint density at radius 1 is 1.18 bits per heavy atom. The molecule has 3 aromatic rings. The number of carboxylic acid groups (broad SMARTS) is 1. The molecule has 1 atom stereocenters. The Labute approximate surface area is 199 Å². The zero-order valence-corrected chi connectivity index (χ0v) is 19.8. The lowest BCUT2D eigenvalue weighted by molar-refractivity contribution is 0.0691. The van der Waals surface area contributed by atoms with Crippen LogP contribution in [0.15, 0.2) is 36.4 Å². The first kappa shape index (κ1) is 22.8. The fourth-order valence-electron chi connectivity index (χ4n) is 5.20. The second-order valence-electron chi connectivity index (χ2n) is 9.89. The minimum absolute atomic E-state index is 0.0119. The lowest BCUT2D eigenvalue weighted by Gasteiger charge is -2.36. The van der Waals surface area contributed by atoms with Crippen molar-refractivity contribution < 1.29 is 14.3 Å². The van der Waals surface area contributed by atoms with E-state index in [1.165, 1.54) is 6.42 Å². The van der Waals surface area contributed by atoms with Crippen LogP contribution in [0.2, 0.25) is 0 Å². The van der Waals surface area contributed by atoms with Crippen LogP contribution in [0.25, 0.3) is 16.7 Å². The highest BCUT2D eigenvalue weighted by molar-refractivity contribution is 5.98. The number of halogens is 1. The van der Waals surface area contributed by atoms with E-state index in [0.717, 1.165) is 48.1 Å². The van der Waals surface area contributed by atoms with Crippen molar-refractivity contribution in [2.24, 2.45) is 5.92 Å². The molecule has 0 unspecified atom stereocenters. The van der Waals surface area contributed by atoms with Gasteiger partial charge in [0, 0.05) is 25.6 Å². The molecule has 8 heteroatoms. The maximum Gasteiger partial charge on any atom is 0.354 e. The van der Waals surface area contributed by atoms with E-state index in [9.17, 15) is 14.3 Å². The summed E-state index contributed by atoms with van der Waals surface area (Å²) in [6.07, 6.45) is 3.97. The molecule has 2 aromatic heterocycles. The van der Waals surface area contributed by atoms with Crippen molar-refractivity contribution in [2.75, 3.05) is 38.6 Å². The number of carbonyl (C=O) groups is 1. The van der Waals surface area contributed by atoms with Gasteiger partial charge in [-0.15, -0.1) is 0 Å². The van der Waals surface area contributed by atoms with Crippen LogP contribution in [0.3, 0.4) is 0 Å². The van der Waals surface area contributed by atoms with Crippen LogP contribution in [0.4, 0.5) is 10.1 Å². The second kappa shape index (κ2) is 9.33. The fourth-order valence-corrected chi connectivity index (χ4v) is 5.20. The van der Waals surface area contributed by atoms with Crippen LogP contribution in [0.1, 0.15) is 54.2 Å². The number of piperidine rings is 1. The Balaban J connectivity index is 1.57. The molecule has 0 spiro atoms. The number of aromatic nitrogens is 3. The van der Waals surface area contributed by atoms with Gasteiger partial charge in [0.1, 0.15) is 6.17 Å². The fraction of sp³-hybridized carbons (Fsp3) is 0.500. The number of hydrogen-bond donors (Lipinski definition) is 1. The number of rotatable bonds is 7. The molecular formula is C26H32FN5O2. The molecule has 1 aliphatic heterocycles. The predicted octanol–water partition coefficient (Wildman–Crippen LogP) is 4.50. The van der Waals surface area contributed by atoms with Crippen molar-refractivity contribution in [1.82, 2.24) is 19.7 Å². The first-order chi connectivity index (χ1) is 16.4. The van der Waals surface area contributed by atoms with Crippen LogP contribution in [0.5, 0.6) is 0 Å². The van der Waals surface area contributed by atoms with Gasteiger partial charge in [0.05, 0.1) is 22.5 Å². The molecule has 5 rings (SSSR count). The third-order valence-corrected chi connectivity index (χ3v) is 7.29. The van der Waals surface area contributed by atoms with Gasteiger partial charge in [0.15, 0.2) is 11.3 Å². The van der Waals surface area contributed by atoms with Gasteiger partial charge in [0.2, 0.25) is 0 Å². The maximum atomic E-state index is 14.7. The van der Waals surface area contributed by atoms with Gasteiger partial charge in [-0.2, -0.15) is 5.10 Å². The lowest BCUT2D eigenvalue weighted by atomic mass is 9.81. The topological polar surface area (TPSA) is 74.5 Å². The molecule has 2 aliphatic rings. The third kappa shape index (κ3) is 4.27. The first-order valence-electron chi connectivity index (χ1n) is 12.2. The molecule has 2 fully saturated rings. The molecule has 1 aromatic carbocycles. The molecule has 7 nitrogen and oxygen atoms in total. The summed E-state index contributed by atoms with van der Waals surface area (Å²) in [7, 11) is 3.80. The summed E-state index contributed by atoms with van der Waals surface area (Å²) in [5, 5.41) is 15.8. The highest BCUT2D eigenvalue weighted by atomic mass is 19.1. The van der Waals surface area contributed by atoms with Gasteiger partial charge in [0.25, 0.3) is 0 Å². The molecule has 34 heavy (non-hydrogen) atoms. The Morgan fingerprint density at radius 3 is 2.47 bits per heavy atom. The van der Waals surface area contributed by atoms with Crippen LogP contribution >= 0.6 is 0 Å². The SMILES string of the molecule is CN(C)C[C@H](F)C1CCN(c2cc(C(=O)O)nc3c2c(C2CCC2)nn3-c2ccccc2)CC1. The first-order valence-corrected chi connectivity index (χ1v) is 12.2. The molecule has 1 saturated heterocycles. The average Bonchev–Trinajstić information content (AvgIpc) is 3.16. The zero-order valence-electron chi connectivity index (χ0n) is 19.8. The van der Waals surface area contributed by atoms with Crippen molar-refractivity contribution >= 4 is 22.7 Å². The molecule has 1 aliphatic carbocycles. The summed E-state index contributed by atoms with van der Waals surface area (Å²) in [4.78, 5) is 20.7. The number of anilines is 1. The summed E-state index contributed by atoms with van der Waals surface area (Å²) < 4.78 is 16.5. The quantitative estimate of drug-likeness (QED) is 0.554. The van der Waals surface area contributed by atoms with Crippen LogP contribution in [-0.4, -0.2) is 70.6 Å². The number of aromatic carboxylic acids is 1.